The number of halogens is 2. The molecule has 0 atom stereocenters. The van der Waals surface area contributed by atoms with Crippen molar-refractivity contribution in [1.82, 2.24) is 14.6 Å². The molecule has 0 aromatic carbocycles. The van der Waals surface area contributed by atoms with E-state index in [2.05, 4.69) is 26.0 Å². The van der Waals surface area contributed by atoms with E-state index in [9.17, 15) is 4.79 Å². The normalized spacial score (nSPS) is 10.7. The molecule has 0 spiro atoms. The van der Waals surface area contributed by atoms with Gasteiger partial charge in [0.25, 0.3) is 0 Å². The summed E-state index contributed by atoms with van der Waals surface area (Å²) in [4.78, 5) is 14.6. The molecule has 2 rings (SSSR count). The Morgan fingerprint density at radius 1 is 1.57 bits per heavy atom. The fourth-order valence-electron chi connectivity index (χ4n) is 1.02. The van der Waals surface area contributed by atoms with Crippen LogP contribution in [0.15, 0.2) is 16.7 Å². The van der Waals surface area contributed by atoms with Gasteiger partial charge in [0, 0.05) is 0 Å². The Bertz CT molecular complexity index is 525. The molecule has 14 heavy (non-hydrogen) atoms. The lowest BCUT2D eigenvalue weighted by atomic mass is 10.5. The number of nitrogens with zero attached hydrogens (tertiary/aromatic N) is 3. The average molecular weight is 276 g/mol. The monoisotopic (exact) mass is 275 g/mol. The van der Waals surface area contributed by atoms with E-state index in [4.69, 9.17) is 16.7 Å². The summed E-state index contributed by atoms with van der Waals surface area (Å²) >= 11 is 8.74. The van der Waals surface area contributed by atoms with E-state index in [1.807, 2.05) is 0 Å². The maximum atomic E-state index is 10.7. The van der Waals surface area contributed by atoms with Crippen molar-refractivity contribution in [3.05, 3.63) is 27.6 Å². The zero-order chi connectivity index (χ0) is 10.3. The van der Waals surface area contributed by atoms with E-state index in [0.29, 0.717) is 5.65 Å². The van der Waals surface area contributed by atoms with Crippen LogP contribution in [0.2, 0.25) is 5.15 Å². The van der Waals surface area contributed by atoms with E-state index in [1.165, 1.54) is 4.52 Å². The van der Waals surface area contributed by atoms with E-state index in [0.717, 1.165) is 0 Å². The van der Waals surface area contributed by atoms with E-state index >= 15 is 0 Å². The summed E-state index contributed by atoms with van der Waals surface area (Å²) in [6, 6.07) is 3.13. The van der Waals surface area contributed by atoms with Gasteiger partial charge in [0.2, 0.25) is 0 Å². The molecule has 1 N–H and O–H groups in total. The molecule has 2 aromatic rings. The summed E-state index contributed by atoms with van der Waals surface area (Å²) in [5, 5.41) is 12.9. The van der Waals surface area contributed by atoms with Gasteiger partial charge >= 0.3 is 5.97 Å². The van der Waals surface area contributed by atoms with Crippen molar-refractivity contribution >= 4 is 39.1 Å². The second-order valence-electron chi connectivity index (χ2n) is 2.48. The molecule has 0 saturated heterocycles. The molecule has 0 aliphatic rings. The Kier molecular flexibility index (Phi) is 2.16. The van der Waals surface area contributed by atoms with Gasteiger partial charge in [0.1, 0.15) is 9.76 Å². The highest BCUT2D eigenvalue weighted by Crippen LogP contribution is 2.18. The molecule has 2 aromatic heterocycles. The first-order chi connectivity index (χ1) is 6.59. The van der Waals surface area contributed by atoms with Crippen LogP contribution in [0.5, 0.6) is 0 Å². The molecule has 0 radical (unpaired) electrons. The van der Waals surface area contributed by atoms with Crippen LogP contribution in [-0.4, -0.2) is 25.7 Å². The number of hydrogen-bond donors (Lipinski definition) is 1. The summed E-state index contributed by atoms with van der Waals surface area (Å²) in [7, 11) is 0. The summed E-state index contributed by atoms with van der Waals surface area (Å²) in [6.07, 6.45) is 0. The molecule has 2 heterocycles. The Morgan fingerprint density at radius 2 is 2.29 bits per heavy atom. The first kappa shape index (κ1) is 9.42. The molecule has 0 fully saturated rings. The highest BCUT2D eigenvalue weighted by Gasteiger charge is 2.16. The molecule has 0 aliphatic carbocycles. The van der Waals surface area contributed by atoms with Crippen LogP contribution in [-0.2, 0) is 0 Å². The first-order valence-corrected chi connectivity index (χ1v) is 4.71. The predicted molar refractivity (Wildman–Crippen MR) is 52.7 cm³/mol. The molecule has 0 amide bonds. The standard InChI is InChI=1S/C7H3BrClN3O2/c8-6-5(7(13)14)10-4-2-1-3(9)11-12(4)6/h1-2H,(H,13,14). The van der Waals surface area contributed by atoms with Crippen molar-refractivity contribution in [2.45, 2.75) is 0 Å². The lowest BCUT2D eigenvalue weighted by Gasteiger charge is -1.93. The minimum absolute atomic E-state index is 0.0835. The third kappa shape index (κ3) is 1.36. The second-order valence-corrected chi connectivity index (χ2v) is 3.62. The Morgan fingerprint density at radius 3 is 2.93 bits per heavy atom. The molecule has 72 valence electrons. The molecule has 5 nitrogen and oxygen atoms in total. The van der Waals surface area contributed by atoms with Gasteiger partial charge in [0.15, 0.2) is 11.3 Å². The van der Waals surface area contributed by atoms with Crippen LogP contribution < -0.4 is 0 Å². The average Bonchev–Trinajstić information content (AvgIpc) is 2.44. The van der Waals surface area contributed by atoms with Crippen LogP contribution in [0.25, 0.3) is 5.65 Å². The molecule has 0 aliphatic heterocycles. The van der Waals surface area contributed by atoms with Crippen LogP contribution in [0.4, 0.5) is 0 Å². The number of aromatic nitrogens is 3. The summed E-state index contributed by atoms with van der Waals surface area (Å²) < 4.78 is 1.61. The van der Waals surface area contributed by atoms with E-state index in [-0.39, 0.29) is 15.5 Å². The highest BCUT2D eigenvalue weighted by molar-refractivity contribution is 9.10. The van der Waals surface area contributed by atoms with Crippen molar-refractivity contribution in [3.8, 4) is 0 Å². The van der Waals surface area contributed by atoms with Gasteiger partial charge in [-0.2, -0.15) is 5.10 Å². The first-order valence-electron chi connectivity index (χ1n) is 3.53. The number of rotatable bonds is 1. The topological polar surface area (TPSA) is 67.5 Å². The molecule has 0 bridgehead atoms. The van der Waals surface area contributed by atoms with Crippen molar-refractivity contribution < 1.29 is 9.90 Å². The van der Waals surface area contributed by atoms with Gasteiger partial charge < -0.3 is 5.11 Å². The Hall–Kier alpha value is -1.14. The molecule has 7 heteroatoms. The minimum atomic E-state index is -1.11. The van der Waals surface area contributed by atoms with Gasteiger partial charge in [-0.25, -0.2) is 14.3 Å². The van der Waals surface area contributed by atoms with Crippen molar-refractivity contribution in [2.24, 2.45) is 0 Å². The van der Waals surface area contributed by atoms with Crippen LogP contribution in [0.1, 0.15) is 10.5 Å². The zero-order valence-electron chi connectivity index (χ0n) is 6.61. The number of imidazole rings is 1. The largest absolute Gasteiger partial charge is 0.476 e. The molecule has 0 unspecified atom stereocenters. The lowest BCUT2D eigenvalue weighted by molar-refractivity contribution is 0.0690. The van der Waals surface area contributed by atoms with Gasteiger partial charge in [-0.05, 0) is 28.1 Å². The number of carboxylic acid groups (broad SMARTS) is 1. The summed E-state index contributed by atoms with van der Waals surface area (Å²) in [6.45, 7) is 0. The fourth-order valence-corrected chi connectivity index (χ4v) is 1.68. The van der Waals surface area contributed by atoms with Crippen molar-refractivity contribution in [1.29, 1.82) is 0 Å². The molecular formula is C7H3BrClN3O2. The van der Waals surface area contributed by atoms with E-state index in [1.54, 1.807) is 12.1 Å². The third-order valence-electron chi connectivity index (χ3n) is 1.59. The Balaban J connectivity index is 2.80. The zero-order valence-corrected chi connectivity index (χ0v) is 8.95. The van der Waals surface area contributed by atoms with Gasteiger partial charge in [-0.3, -0.25) is 0 Å². The van der Waals surface area contributed by atoms with Crippen LogP contribution in [0, 0.1) is 0 Å². The maximum absolute atomic E-state index is 10.7. The number of carbonyl (C=O) groups is 1. The second kappa shape index (κ2) is 3.21. The fraction of sp³-hybridized carbons (Fsp3) is 0. The predicted octanol–water partition coefficient (Wildman–Crippen LogP) is 1.84. The smallest absolute Gasteiger partial charge is 0.357 e. The number of aromatic carboxylic acids is 1. The lowest BCUT2D eigenvalue weighted by Crippen LogP contribution is -1.97. The van der Waals surface area contributed by atoms with Crippen molar-refractivity contribution in [2.75, 3.05) is 0 Å². The summed E-state index contributed by atoms with van der Waals surface area (Å²) in [5.74, 6) is -1.11. The number of hydrogen-bond acceptors (Lipinski definition) is 3. The quantitative estimate of drug-likeness (QED) is 0.863. The van der Waals surface area contributed by atoms with Crippen LogP contribution in [0.3, 0.4) is 0 Å². The maximum Gasteiger partial charge on any atom is 0.357 e. The molecular weight excluding hydrogens is 273 g/mol. The minimum Gasteiger partial charge on any atom is -0.476 e. The van der Waals surface area contributed by atoms with E-state index < -0.39 is 5.97 Å². The van der Waals surface area contributed by atoms with Gasteiger partial charge in [-0.15, -0.1) is 0 Å². The number of fused-ring (bicyclic) bond motifs is 1. The molecule has 0 saturated carbocycles. The third-order valence-corrected chi connectivity index (χ3v) is 2.51. The SMILES string of the molecule is O=C(O)c1nc2ccc(Cl)nn2c1Br. The Labute approximate surface area is 91.4 Å². The van der Waals surface area contributed by atoms with Gasteiger partial charge in [-0.1, -0.05) is 11.6 Å². The highest BCUT2D eigenvalue weighted by atomic mass is 79.9. The number of carboxylic acids is 1. The van der Waals surface area contributed by atoms with Crippen molar-refractivity contribution in [3.63, 3.8) is 0 Å². The summed E-state index contributed by atoms with van der Waals surface area (Å²) in [5.41, 5.74) is 0.346. The van der Waals surface area contributed by atoms with Gasteiger partial charge in [0.05, 0.1) is 0 Å². The van der Waals surface area contributed by atoms with Crippen LogP contribution >= 0.6 is 27.5 Å².